The average molecular weight is 237 g/mol. The average Bonchev–Trinajstić information content (AvgIpc) is 2.27. The maximum Gasteiger partial charge on any atom is 0.352 e. The summed E-state index contributed by atoms with van der Waals surface area (Å²) in [6.07, 6.45) is 0. The fourth-order valence-corrected chi connectivity index (χ4v) is 1.52. The number of fused-ring (bicyclic) bond motifs is 1. The second-order valence-electron chi connectivity index (χ2n) is 3.38. The summed E-state index contributed by atoms with van der Waals surface area (Å²) in [6, 6.07) is 3.21. The zero-order valence-corrected chi connectivity index (χ0v) is 8.78. The zero-order chi connectivity index (χ0) is 12.6. The summed E-state index contributed by atoms with van der Waals surface area (Å²) in [6.45, 7) is 0. The molecule has 0 aliphatic heterocycles. The molecular formula is C11H8FNO4. The van der Waals surface area contributed by atoms with E-state index >= 15 is 0 Å². The van der Waals surface area contributed by atoms with Gasteiger partial charge in [0.2, 0.25) is 0 Å². The quantitative estimate of drug-likeness (QED) is 0.826. The number of pyridine rings is 1. The SMILES string of the molecule is COc1cc2c(=O)cc(C(=O)O)[nH]c2cc1F. The van der Waals surface area contributed by atoms with Crippen LogP contribution in [0.5, 0.6) is 5.75 Å². The first-order chi connectivity index (χ1) is 8.02. The van der Waals surface area contributed by atoms with Crippen molar-refractivity contribution in [1.82, 2.24) is 4.98 Å². The molecule has 2 rings (SSSR count). The van der Waals surface area contributed by atoms with E-state index in [0.717, 1.165) is 12.1 Å². The summed E-state index contributed by atoms with van der Waals surface area (Å²) in [5.74, 6) is -2.01. The van der Waals surface area contributed by atoms with Crippen molar-refractivity contribution in [1.29, 1.82) is 0 Å². The molecule has 1 aromatic carbocycles. The Balaban J connectivity index is 2.82. The van der Waals surface area contributed by atoms with Gasteiger partial charge in [0.25, 0.3) is 0 Å². The second-order valence-corrected chi connectivity index (χ2v) is 3.38. The summed E-state index contributed by atoms with van der Waals surface area (Å²) in [5, 5.41) is 8.92. The molecule has 0 amide bonds. The number of carbonyl (C=O) groups is 1. The first-order valence-electron chi connectivity index (χ1n) is 4.67. The van der Waals surface area contributed by atoms with Crippen LogP contribution in [-0.2, 0) is 0 Å². The summed E-state index contributed by atoms with van der Waals surface area (Å²) in [4.78, 5) is 24.8. The number of rotatable bonds is 2. The van der Waals surface area contributed by atoms with Crippen molar-refractivity contribution in [2.24, 2.45) is 0 Å². The van der Waals surface area contributed by atoms with E-state index in [2.05, 4.69) is 4.98 Å². The minimum atomic E-state index is -1.28. The summed E-state index contributed by atoms with van der Waals surface area (Å²) in [7, 11) is 1.28. The van der Waals surface area contributed by atoms with Crippen molar-refractivity contribution in [3.8, 4) is 5.75 Å². The number of carboxylic acid groups (broad SMARTS) is 1. The Labute approximate surface area is 94.5 Å². The normalized spacial score (nSPS) is 10.5. The maximum absolute atomic E-state index is 13.4. The number of methoxy groups -OCH3 is 1. The largest absolute Gasteiger partial charge is 0.494 e. The number of ether oxygens (including phenoxy) is 1. The molecule has 1 aromatic heterocycles. The van der Waals surface area contributed by atoms with Gasteiger partial charge in [-0.15, -0.1) is 0 Å². The van der Waals surface area contributed by atoms with Crippen LogP contribution in [0.3, 0.4) is 0 Å². The standard InChI is InChI=1S/C11H8FNO4/c1-17-10-2-5-7(3-6(10)12)13-8(11(15)16)4-9(5)14/h2-4H,1H3,(H,13,14)(H,15,16). The Morgan fingerprint density at radius 3 is 2.71 bits per heavy atom. The smallest absolute Gasteiger partial charge is 0.352 e. The van der Waals surface area contributed by atoms with Gasteiger partial charge in [0.05, 0.1) is 12.6 Å². The van der Waals surface area contributed by atoms with Crippen LogP contribution in [-0.4, -0.2) is 23.2 Å². The van der Waals surface area contributed by atoms with Gasteiger partial charge in [0.15, 0.2) is 17.0 Å². The predicted octanol–water partition coefficient (Wildman–Crippen LogP) is 1.37. The lowest BCUT2D eigenvalue weighted by Gasteiger charge is -2.05. The number of halogens is 1. The van der Waals surface area contributed by atoms with Crippen LogP contribution in [0.1, 0.15) is 10.5 Å². The lowest BCUT2D eigenvalue weighted by Crippen LogP contribution is -2.10. The van der Waals surface area contributed by atoms with Crippen LogP contribution in [0.2, 0.25) is 0 Å². The molecule has 0 saturated heterocycles. The van der Waals surface area contributed by atoms with E-state index < -0.39 is 17.2 Å². The van der Waals surface area contributed by atoms with Gasteiger partial charge in [0.1, 0.15) is 5.69 Å². The Bertz CT molecular complexity index is 662. The molecule has 6 heteroatoms. The second kappa shape index (κ2) is 3.89. The highest BCUT2D eigenvalue weighted by Crippen LogP contribution is 2.21. The Kier molecular flexibility index (Phi) is 2.55. The molecule has 0 atom stereocenters. The number of H-pyrrole nitrogens is 1. The molecule has 0 aliphatic rings. The minimum Gasteiger partial charge on any atom is -0.494 e. The molecule has 1 heterocycles. The number of carboxylic acids is 1. The monoisotopic (exact) mass is 237 g/mol. The molecule has 5 nitrogen and oxygen atoms in total. The van der Waals surface area contributed by atoms with Crippen LogP contribution < -0.4 is 10.2 Å². The van der Waals surface area contributed by atoms with Gasteiger partial charge >= 0.3 is 5.97 Å². The van der Waals surface area contributed by atoms with E-state index in [1.165, 1.54) is 13.2 Å². The van der Waals surface area contributed by atoms with Gasteiger partial charge in [-0.1, -0.05) is 0 Å². The van der Waals surface area contributed by atoms with Crippen LogP contribution in [0.15, 0.2) is 23.0 Å². The number of aromatic carboxylic acids is 1. The fraction of sp³-hybridized carbons (Fsp3) is 0.0909. The van der Waals surface area contributed by atoms with Gasteiger partial charge in [-0.25, -0.2) is 9.18 Å². The van der Waals surface area contributed by atoms with Crippen molar-refractivity contribution >= 4 is 16.9 Å². The number of nitrogens with one attached hydrogen (secondary N) is 1. The van der Waals surface area contributed by atoms with Crippen LogP contribution in [0.25, 0.3) is 10.9 Å². The summed E-state index contributed by atoms with van der Waals surface area (Å²) >= 11 is 0. The van der Waals surface area contributed by atoms with E-state index in [1.54, 1.807) is 0 Å². The van der Waals surface area contributed by atoms with E-state index in [0.29, 0.717) is 0 Å². The Hall–Kier alpha value is -2.37. The molecule has 0 radical (unpaired) electrons. The number of aromatic nitrogens is 1. The fourth-order valence-electron chi connectivity index (χ4n) is 1.52. The van der Waals surface area contributed by atoms with Gasteiger partial charge in [-0.3, -0.25) is 4.79 Å². The van der Waals surface area contributed by atoms with Gasteiger partial charge < -0.3 is 14.8 Å². The van der Waals surface area contributed by atoms with E-state index in [9.17, 15) is 14.0 Å². The molecule has 2 aromatic rings. The summed E-state index contributed by atoms with van der Waals surface area (Å²) < 4.78 is 18.1. The predicted molar refractivity (Wildman–Crippen MR) is 58.0 cm³/mol. The highest BCUT2D eigenvalue weighted by Gasteiger charge is 2.11. The third kappa shape index (κ3) is 1.84. The minimum absolute atomic E-state index is 0.0638. The van der Waals surface area contributed by atoms with Crippen LogP contribution in [0.4, 0.5) is 4.39 Å². The first kappa shape index (κ1) is 11.1. The van der Waals surface area contributed by atoms with Gasteiger partial charge in [-0.2, -0.15) is 0 Å². The maximum atomic E-state index is 13.4. The molecule has 0 spiro atoms. The highest BCUT2D eigenvalue weighted by molar-refractivity contribution is 5.90. The first-order valence-corrected chi connectivity index (χ1v) is 4.67. The van der Waals surface area contributed by atoms with Crippen molar-refractivity contribution in [2.45, 2.75) is 0 Å². The lowest BCUT2D eigenvalue weighted by atomic mass is 10.1. The van der Waals surface area contributed by atoms with Crippen molar-refractivity contribution < 1.29 is 19.0 Å². The number of hydrogen-bond donors (Lipinski definition) is 2. The third-order valence-corrected chi connectivity index (χ3v) is 2.33. The molecule has 0 aliphatic carbocycles. The lowest BCUT2D eigenvalue weighted by molar-refractivity contribution is 0.0691. The van der Waals surface area contributed by atoms with Crippen molar-refractivity contribution in [2.75, 3.05) is 7.11 Å². The molecule has 88 valence electrons. The topological polar surface area (TPSA) is 79.4 Å². The molecule has 0 fully saturated rings. The van der Waals surface area contributed by atoms with Crippen LogP contribution >= 0.6 is 0 Å². The van der Waals surface area contributed by atoms with Gasteiger partial charge in [0, 0.05) is 17.5 Å². The van der Waals surface area contributed by atoms with Gasteiger partial charge in [-0.05, 0) is 6.07 Å². The molecule has 0 bridgehead atoms. The van der Waals surface area contributed by atoms with E-state index in [-0.39, 0.29) is 22.3 Å². The number of hydrogen-bond acceptors (Lipinski definition) is 3. The molecule has 2 N–H and O–H groups in total. The molecule has 17 heavy (non-hydrogen) atoms. The molecule has 0 unspecified atom stereocenters. The Morgan fingerprint density at radius 2 is 2.12 bits per heavy atom. The molecule has 0 saturated carbocycles. The molecular weight excluding hydrogens is 229 g/mol. The third-order valence-electron chi connectivity index (χ3n) is 2.33. The zero-order valence-electron chi connectivity index (χ0n) is 8.78. The summed E-state index contributed by atoms with van der Waals surface area (Å²) in [5.41, 5.74) is -0.672. The highest BCUT2D eigenvalue weighted by atomic mass is 19.1. The van der Waals surface area contributed by atoms with Crippen molar-refractivity contribution in [3.63, 3.8) is 0 Å². The number of aromatic amines is 1. The van der Waals surface area contributed by atoms with Crippen LogP contribution in [0, 0.1) is 5.82 Å². The van der Waals surface area contributed by atoms with Crippen molar-refractivity contribution in [3.05, 3.63) is 39.9 Å². The van der Waals surface area contributed by atoms with E-state index in [1.807, 2.05) is 0 Å². The Morgan fingerprint density at radius 1 is 1.41 bits per heavy atom. The number of benzene rings is 1. The van der Waals surface area contributed by atoms with E-state index in [4.69, 9.17) is 9.84 Å².